The van der Waals surface area contributed by atoms with Gasteiger partial charge >= 0.3 is 0 Å². The molecule has 88 valence electrons. The molecule has 0 saturated heterocycles. The molecule has 1 unspecified atom stereocenters. The number of hydrogen-bond donors (Lipinski definition) is 1. The second-order valence-electron chi connectivity index (χ2n) is 3.97. The number of aliphatic hydroxyl groups excluding tert-OH is 1. The quantitative estimate of drug-likeness (QED) is 0.774. The highest BCUT2D eigenvalue weighted by molar-refractivity contribution is 5.96. The average Bonchev–Trinajstić information content (AvgIpc) is 2.36. The number of aliphatic hydroxyl groups is 1. The van der Waals surface area contributed by atoms with Crippen molar-refractivity contribution in [2.24, 2.45) is 0 Å². The van der Waals surface area contributed by atoms with E-state index in [1.54, 1.807) is 0 Å². The molecule has 1 rings (SSSR count). The topological polar surface area (TPSA) is 40.5 Å². The highest BCUT2D eigenvalue weighted by Gasteiger charge is 2.09. The van der Waals surface area contributed by atoms with Gasteiger partial charge in [-0.3, -0.25) is 4.79 Å². The van der Waals surface area contributed by atoms with E-state index in [9.17, 15) is 4.79 Å². The van der Waals surface area contributed by atoms with E-state index in [0.29, 0.717) is 6.42 Å². The lowest BCUT2D eigenvalue weighted by atomic mass is 10.1. The van der Waals surface area contributed by atoms with Crippen LogP contribution >= 0.6 is 0 Å². The maximum absolute atomic E-state index is 11.4. The summed E-state index contributed by atoms with van der Waals surface area (Å²) in [5.41, 5.74) is 1.76. The Kier molecular flexibility index (Phi) is 4.50. The highest BCUT2D eigenvalue weighted by atomic mass is 16.3. The number of ketones is 1. The molecule has 0 saturated carbocycles. The monoisotopic (exact) mass is 221 g/mol. The zero-order chi connectivity index (χ0) is 12.1. The Labute approximate surface area is 96.7 Å². The largest absolute Gasteiger partial charge is 0.394 e. The fraction of sp³-hybridized carbons (Fsp3) is 0.462. The molecule has 1 aromatic carbocycles. The second kappa shape index (κ2) is 5.66. The van der Waals surface area contributed by atoms with Crippen LogP contribution in [0.2, 0.25) is 0 Å². The minimum Gasteiger partial charge on any atom is -0.394 e. The van der Waals surface area contributed by atoms with E-state index >= 15 is 0 Å². The van der Waals surface area contributed by atoms with Crippen LogP contribution < -0.4 is 4.90 Å². The van der Waals surface area contributed by atoms with Gasteiger partial charge in [-0.2, -0.15) is 0 Å². The maximum Gasteiger partial charge on any atom is 0.162 e. The van der Waals surface area contributed by atoms with Gasteiger partial charge in [0.05, 0.1) is 6.61 Å². The molecule has 0 fully saturated rings. The number of carbonyl (C=O) groups excluding carboxylic acids is 1. The van der Waals surface area contributed by atoms with Crippen LogP contribution in [0.4, 0.5) is 5.69 Å². The Morgan fingerprint density at radius 1 is 1.38 bits per heavy atom. The molecular weight excluding hydrogens is 202 g/mol. The van der Waals surface area contributed by atoms with Gasteiger partial charge in [0, 0.05) is 30.8 Å². The number of likely N-dealkylation sites (N-methyl/N-ethyl adjacent to an activating group) is 1. The molecule has 16 heavy (non-hydrogen) atoms. The van der Waals surface area contributed by atoms with Crippen molar-refractivity contribution in [1.82, 2.24) is 0 Å². The summed E-state index contributed by atoms with van der Waals surface area (Å²) in [7, 11) is 1.93. The third-order valence-corrected chi connectivity index (χ3v) is 2.84. The molecule has 0 aliphatic carbocycles. The summed E-state index contributed by atoms with van der Waals surface area (Å²) in [5.74, 6) is 0.157. The Bertz CT molecular complexity index is 345. The lowest BCUT2D eigenvalue weighted by Crippen LogP contribution is -2.31. The van der Waals surface area contributed by atoms with Gasteiger partial charge < -0.3 is 10.0 Å². The number of rotatable bonds is 5. The van der Waals surface area contributed by atoms with Crippen molar-refractivity contribution < 1.29 is 9.90 Å². The van der Waals surface area contributed by atoms with Crippen molar-refractivity contribution in [3.05, 3.63) is 29.8 Å². The second-order valence-corrected chi connectivity index (χ2v) is 3.97. The molecule has 0 aliphatic heterocycles. The summed E-state index contributed by atoms with van der Waals surface area (Å²) < 4.78 is 0. The fourth-order valence-corrected chi connectivity index (χ4v) is 1.46. The molecule has 0 heterocycles. The van der Waals surface area contributed by atoms with Crippen LogP contribution in [0.1, 0.15) is 30.6 Å². The van der Waals surface area contributed by atoms with Gasteiger partial charge in [-0.15, -0.1) is 0 Å². The molecule has 0 bridgehead atoms. The first kappa shape index (κ1) is 12.7. The first-order valence-corrected chi connectivity index (χ1v) is 5.57. The lowest BCUT2D eigenvalue weighted by Gasteiger charge is -2.25. The molecule has 1 N–H and O–H groups in total. The first-order valence-electron chi connectivity index (χ1n) is 5.57. The summed E-state index contributed by atoms with van der Waals surface area (Å²) in [6.07, 6.45) is 0.530. The van der Waals surface area contributed by atoms with Gasteiger partial charge in [0.25, 0.3) is 0 Å². The number of anilines is 1. The van der Waals surface area contributed by atoms with Crippen molar-refractivity contribution in [3.8, 4) is 0 Å². The van der Waals surface area contributed by atoms with Crippen molar-refractivity contribution in [2.45, 2.75) is 26.3 Å². The Morgan fingerprint density at radius 3 is 2.38 bits per heavy atom. The predicted molar refractivity (Wildman–Crippen MR) is 66.0 cm³/mol. The number of nitrogens with zero attached hydrogens (tertiary/aromatic N) is 1. The van der Waals surface area contributed by atoms with Crippen LogP contribution in [-0.4, -0.2) is 30.6 Å². The molecule has 0 spiro atoms. The van der Waals surface area contributed by atoms with Crippen molar-refractivity contribution in [3.63, 3.8) is 0 Å². The van der Waals surface area contributed by atoms with E-state index in [4.69, 9.17) is 5.11 Å². The van der Waals surface area contributed by atoms with Crippen LogP contribution in [0.15, 0.2) is 24.3 Å². The van der Waals surface area contributed by atoms with E-state index in [1.807, 2.05) is 50.1 Å². The zero-order valence-electron chi connectivity index (χ0n) is 10.1. The lowest BCUT2D eigenvalue weighted by molar-refractivity contribution is 0.0988. The third kappa shape index (κ3) is 2.83. The van der Waals surface area contributed by atoms with Crippen molar-refractivity contribution in [2.75, 3.05) is 18.6 Å². The molecule has 0 aromatic heterocycles. The zero-order valence-corrected chi connectivity index (χ0v) is 10.1. The van der Waals surface area contributed by atoms with Crippen molar-refractivity contribution >= 4 is 11.5 Å². The number of Topliss-reactive ketones (excluding diaryl/α,β-unsaturated/α-hetero) is 1. The summed E-state index contributed by atoms with van der Waals surface area (Å²) in [4.78, 5) is 13.4. The van der Waals surface area contributed by atoms with E-state index in [0.717, 1.165) is 11.3 Å². The van der Waals surface area contributed by atoms with E-state index < -0.39 is 0 Å². The number of hydrogen-bond acceptors (Lipinski definition) is 3. The minimum absolute atomic E-state index is 0.0766. The third-order valence-electron chi connectivity index (χ3n) is 2.84. The molecule has 1 atom stereocenters. The standard InChI is InChI=1S/C13H19NO2/c1-4-13(16)11-5-7-12(8-6-11)14(3)10(2)9-15/h5-8,10,15H,4,9H2,1-3H3. The SMILES string of the molecule is CCC(=O)c1ccc(N(C)C(C)CO)cc1. The Balaban J connectivity index is 2.82. The predicted octanol–water partition coefficient (Wildman–Crippen LogP) is 2.10. The highest BCUT2D eigenvalue weighted by Crippen LogP contribution is 2.16. The van der Waals surface area contributed by atoms with Crippen LogP contribution in [0.5, 0.6) is 0 Å². The normalized spacial score (nSPS) is 12.2. The maximum atomic E-state index is 11.4. The average molecular weight is 221 g/mol. The van der Waals surface area contributed by atoms with E-state index in [2.05, 4.69) is 0 Å². The molecular formula is C13H19NO2. The van der Waals surface area contributed by atoms with Crippen LogP contribution in [0.25, 0.3) is 0 Å². The fourth-order valence-electron chi connectivity index (χ4n) is 1.46. The number of carbonyl (C=O) groups is 1. The van der Waals surface area contributed by atoms with Gasteiger partial charge in [-0.25, -0.2) is 0 Å². The Hall–Kier alpha value is -1.35. The van der Waals surface area contributed by atoms with Crippen LogP contribution in [0, 0.1) is 0 Å². The molecule has 0 amide bonds. The van der Waals surface area contributed by atoms with Gasteiger partial charge in [0.1, 0.15) is 0 Å². The smallest absolute Gasteiger partial charge is 0.162 e. The van der Waals surface area contributed by atoms with Crippen LogP contribution in [0.3, 0.4) is 0 Å². The van der Waals surface area contributed by atoms with Gasteiger partial charge in [0.2, 0.25) is 0 Å². The summed E-state index contributed by atoms with van der Waals surface area (Å²) >= 11 is 0. The number of benzene rings is 1. The van der Waals surface area contributed by atoms with E-state index in [-0.39, 0.29) is 18.4 Å². The molecule has 3 heteroatoms. The Morgan fingerprint density at radius 2 is 1.94 bits per heavy atom. The molecule has 1 aromatic rings. The van der Waals surface area contributed by atoms with Crippen LogP contribution in [-0.2, 0) is 0 Å². The minimum atomic E-state index is 0.0766. The summed E-state index contributed by atoms with van der Waals surface area (Å²) in [6, 6.07) is 7.57. The molecule has 0 aliphatic rings. The summed E-state index contributed by atoms with van der Waals surface area (Å²) in [5, 5.41) is 9.05. The molecule has 3 nitrogen and oxygen atoms in total. The van der Waals surface area contributed by atoms with Gasteiger partial charge in [0.15, 0.2) is 5.78 Å². The van der Waals surface area contributed by atoms with Gasteiger partial charge in [-0.1, -0.05) is 6.92 Å². The van der Waals surface area contributed by atoms with Gasteiger partial charge in [-0.05, 0) is 31.2 Å². The molecule has 0 radical (unpaired) electrons. The van der Waals surface area contributed by atoms with Crippen molar-refractivity contribution in [1.29, 1.82) is 0 Å². The van der Waals surface area contributed by atoms with E-state index in [1.165, 1.54) is 0 Å². The first-order chi connectivity index (χ1) is 7.60. The summed E-state index contributed by atoms with van der Waals surface area (Å²) in [6.45, 7) is 3.92.